The third-order valence-electron chi connectivity index (χ3n) is 3.95. The van der Waals surface area contributed by atoms with E-state index in [9.17, 15) is 0 Å². The van der Waals surface area contributed by atoms with Gasteiger partial charge in [-0.2, -0.15) is 0 Å². The first-order valence-electron chi connectivity index (χ1n) is 6.85. The second-order valence-electron chi connectivity index (χ2n) is 5.48. The summed E-state index contributed by atoms with van der Waals surface area (Å²) >= 11 is 1.79. The fourth-order valence-electron chi connectivity index (χ4n) is 3.01. The van der Waals surface area contributed by atoms with Crippen LogP contribution in [0, 0.1) is 18.8 Å². The quantitative estimate of drug-likeness (QED) is 0.890. The Labute approximate surface area is 109 Å². The number of hydrogen-bond donors (Lipinski definition) is 1. The summed E-state index contributed by atoms with van der Waals surface area (Å²) in [4.78, 5) is 4.57. The molecule has 0 spiro atoms. The molecule has 17 heavy (non-hydrogen) atoms. The van der Waals surface area contributed by atoms with Gasteiger partial charge in [0.15, 0.2) is 0 Å². The molecule has 1 fully saturated rings. The normalized spacial score (nSPS) is 29.5. The van der Waals surface area contributed by atoms with Gasteiger partial charge in [0.1, 0.15) is 0 Å². The van der Waals surface area contributed by atoms with Gasteiger partial charge in [-0.3, -0.25) is 0 Å². The zero-order valence-corrected chi connectivity index (χ0v) is 11.8. The van der Waals surface area contributed by atoms with E-state index in [-0.39, 0.29) is 0 Å². The average molecular weight is 252 g/mol. The van der Waals surface area contributed by atoms with Gasteiger partial charge in [-0.15, -0.1) is 11.3 Å². The number of rotatable bonds is 4. The molecule has 0 aliphatic heterocycles. The van der Waals surface area contributed by atoms with Gasteiger partial charge in [0, 0.05) is 23.5 Å². The Hall–Kier alpha value is -0.410. The molecule has 3 atom stereocenters. The molecular formula is C14H24N2S. The summed E-state index contributed by atoms with van der Waals surface area (Å²) in [5, 5.41) is 3.42. The van der Waals surface area contributed by atoms with E-state index in [1.165, 1.54) is 37.1 Å². The SMILES string of the molecule is CCCC1CCC(N)C(Cc2nc(C)cs2)C1. The lowest BCUT2D eigenvalue weighted by atomic mass is 9.75. The summed E-state index contributed by atoms with van der Waals surface area (Å²) in [6.07, 6.45) is 7.64. The Morgan fingerprint density at radius 1 is 1.47 bits per heavy atom. The molecule has 3 unspecified atom stereocenters. The summed E-state index contributed by atoms with van der Waals surface area (Å²) in [6.45, 7) is 4.36. The van der Waals surface area contributed by atoms with Crippen molar-refractivity contribution in [1.29, 1.82) is 0 Å². The maximum absolute atomic E-state index is 6.27. The van der Waals surface area contributed by atoms with Crippen molar-refractivity contribution < 1.29 is 0 Å². The minimum atomic E-state index is 0.396. The van der Waals surface area contributed by atoms with Crippen LogP contribution in [0.15, 0.2) is 5.38 Å². The Bertz CT molecular complexity index is 348. The number of aromatic nitrogens is 1. The van der Waals surface area contributed by atoms with Gasteiger partial charge in [-0.25, -0.2) is 4.98 Å². The highest BCUT2D eigenvalue weighted by atomic mass is 32.1. The van der Waals surface area contributed by atoms with Gasteiger partial charge in [0.25, 0.3) is 0 Å². The van der Waals surface area contributed by atoms with Crippen LogP contribution in [0.5, 0.6) is 0 Å². The molecule has 96 valence electrons. The zero-order valence-electron chi connectivity index (χ0n) is 11.0. The largest absolute Gasteiger partial charge is 0.327 e. The molecule has 1 aromatic heterocycles. The van der Waals surface area contributed by atoms with Crippen molar-refractivity contribution in [2.45, 2.75) is 58.4 Å². The number of nitrogens with two attached hydrogens (primary N) is 1. The highest BCUT2D eigenvalue weighted by Gasteiger charge is 2.28. The standard InChI is InChI=1S/C14H24N2S/c1-3-4-11-5-6-13(15)12(7-11)8-14-16-10(2)9-17-14/h9,11-13H,3-8,15H2,1-2H3. The lowest BCUT2D eigenvalue weighted by molar-refractivity contribution is 0.221. The second-order valence-corrected chi connectivity index (χ2v) is 6.42. The van der Waals surface area contributed by atoms with Crippen LogP contribution in [0.3, 0.4) is 0 Å². The first kappa shape index (κ1) is 13.0. The maximum atomic E-state index is 6.27. The van der Waals surface area contributed by atoms with Crippen molar-refractivity contribution in [3.05, 3.63) is 16.1 Å². The predicted molar refractivity (Wildman–Crippen MR) is 74.3 cm³/mol. The monoisotopic (exact) mass is 252 g/mol. The van der Waals surface area contributed by atoms with Gasteiger partial charge in [0.2, 0.25) is 0 Å². The van der Waals surface area contributed by atoms with Crippen LogP contribution in [0.25, 0.3) is 0 Å². The molecule has 2 N–H and O–H groups in total. The van der Waals surface area contributed by atoms with Gasteiger partial charge in [-0.1, -0.05) is 19.8 Å². The van der Waals surface area contributed by atoms with E-state index < -0.39 is 0 Å². The Morgan fingerprint density at radius 2 is 2.29 bits per heavy atom. The van der Waals surface area contributed by atoms with Crippen LogP contribution in [-0.4, -0.2) is 11.0 Å². The average Bonchev–Trinajstić information content (AvgIpc) is 2.69. The first-order valence-corrected chi connectivity index (χ1v) is 7.73. The van der Waals surface area contributed by atoms with Crippen LogP contribution in [-0.2, 0) is 6.42 Å². The van der Waals surface area contributed by atoms with E-state index in [0.717, 1.165) is 18.0 Å². The Balaban J connectivity index is 1.93. The van der Waals surface area contributed by atoms with Crippen molar-refractivity contribution in [2.24, 2.45) is 17.6 Å². The Morgan fingerprint density at radius 3 is 2.94 bits per heavy atom. The molecule has 0 aromatic carbocycles. The minimum Gasteiger partial charge on any atom is -0.327 e. The van der Waals surface area contributed by atoms with E-state index in [1.54, 1.807) is 11.3 Å². The van der Waals surface area contributed by atoms with Crippen LogP contribution in [0.4, 0.5) is 0 Å². The maximum Gasteiger partial charge on any atom is 0.0931 e. The third-order valence-corrected chi connectivity index (χ3v) is 4.94. The molecule has 0 saturated heterocycles. The molecular weight excluding hydrogens is 228 g/mol. The van der Waals surface area contributed by atoms with Crippen molar-refractivity contribution in [1.82, 2.24) is 4.98 Å². The van der Waals surface area contributed by atoms with Crippen molar-refractivity contribution in [2.75, 3.05) is 0 Å². The highest BCUT2D eigenvalue weighted by molar-refractivity contribution is 7.09. The Kier molecular flexibility index (Phi) is 4.57. The van der Waals surface area contributed by atoms with Crippen molar-refractivity contribution in [3.63, 3.8) is 0 Å². The van der Waals surface area contributed by atoms with Crippen molar-refractivity contribution in [3.8, 4) is 0 Å². The number of hydrogen-bond acceptors (Lipinski definition) is 3. The molecule has 1 aromatic rings. The third kappa shape index (κ3) is 3.52. The summed E-state index contributed by atoms with van der Waals surface area (Å²) < 4.78 is 0. The first-order chi connectivity index (χ1) is 8.19. The van der Waals surface area contributed by atoms with E-state index >= 15 is 0 Å². The molecule has 1 aliphatic rings. The molecule has 1 aliphatic carbocycles. The molecule has 0 bridgehead atoms. The summed E-state index contributed by atoms with van der Waals surface area (Å²) in [5.74, 6) is 1.57. The lowest BCUT2D eigenvalue weighted by Gasteiger charge is -2.33. The predicted octanol–water partition coefficient (Wildman–Crippen LogP) is 3.54. The number of aryl methyl sites for hydroxylation is 1. The van der Waals surface area contributed by atoms with Crippen LogP contribution >= 0.6 is 11.3 Å². The highest BCUT2D eigenvalue weighted by Crippen LogP contribution is 2.33. The van der Waals surface area contributed by atoms with E-state index in [0.29, 0.717) is 12.0 Å². The van der Waals surface area contributed by atoms with Gasteiger partial charge < -0.3 is 5.73 Å². The van der Waals surface area contributed by atoms with Crippen LogP contribution < -0.4 is 5.73 Å². The minimum absolute atomic E-state index is 0.396. The smallest absolute Gasteiger partial charge is 0.0931 e. The molecule has 1 saturated carbocycles. The van der Waals surface area contributed by atoms with Crippen molar-refractivity contribution >= 4 is 11.3 Å². The molecule has 3 heteroatoms. The fourth-order valence-corrected chi connectivity index (χ4v) is 3.88. The van der Waals surface area contributed by atoms with E-state index in [4.69, 9.17) is 5.73 Å². The van der Waals surface area contributed by atoms with E-state index in [1.807, 2.05) is 0 Å². The topological polar surface area (TPSA) is 38.9 Å². The molecule has 2 rings (SSSR count). The van der Waals surface area contributed by atoms with Gasteiger partial charge >= 0.3 is 0 Å². The summed E-state index contributed by atoms with van der Waals surface area (Å²) in [7, 11) is 0. The van der Waals surface area contributed by atoms with Gasteiger partial charge in [-0.05, 0) is 38.0 Å². The number of nitrogens with zero attached hydrogens (tertiary/aromatic N) is 1. The summed E-state index contributed by atoms with van der Waals surface area (Å²) in [6, 6.07) is 0.396. The zero-order chi connectivity index (χ0) is 12.3. The molecule has 1 heterocycles. The molecule has 0 amide bonds. The molecule has 2 nitrogen and oxygen atoms in total. The van der Waals surface area contributed by atoms with Crippen LogP contribution in [0.2, 0.25) is 0 Å². The number of thiazole rings is 1. The van der Waals surface area contributed by atoms with E-state index in [2.05, 4.69) is 24.2 Å². The summed E-state index contributed by atoms with van der Waals surface area (Å²) in [5.41, 5.74) is 7.42. The lowest BCUT2D eigenvalue weighted by Crippen LogP contribution is -2.37. The fraction of sp³-hybridized carbons (Fsp3) is 0.786. The molecule has 0 radical (unpaired) electrons. The van der Waals surface area contributed by atoms with Crippen LogP contribution in [0.1, 0.15) is 49.7 Å². The van der Waals surface area contributed by atoms with Gasteiger partial charge in [0.05, 0.1) is 5.01 Å². The second kappa shape index (κ2) is 5.96.